The lowest BCUT2D eigenvalue weighted by molar-refractivity contribution is 0.761. The van der Waals surface area contributed by atoms with Gasteiger partial charge in [-0.2, -0.15) is 0 Å². The third kappa shape index (κ3) is 0.548. The molecule has 1 aliphatic carbocycles. The fraction of sp³-hybridized carbons (Fsp3) is 1.00. The molecule has 1 aliphatic rings. The highest BCUT2D eigenvalue weighted by Crippen LogP contribution is 2.35. The normalized spacial score (nSPS) is 43.0. The van der Waals surface area contributed by atoms with E-state index in [9.17, 15) is 0 Å². The molecule has 1 nitrogen and oxygen atoms in total. The first-order valence-electron chi connectivity index (χ1n) is 2.54. The topological polar surface area (TPSA) is 26.0 Å². The minimum absolute atomic E-state index is 0.880. The van der Waals surface area contributed by atoms with Gasteiger partial charge in [-0.1, -0.05) is 6.92 Å². The van der Waals surface area contributed by atoms with Crippen molar-refractivity contribution >= 4 is 0 Å². The van der Waals surface area contributed by atoms with Crippen LogP contribution in [0.15, 0.2) is 0 Å². The van der Waals surface area contributed by atoms with E-state index in [2.05, 4.69) is 6.92 Å². The quantitative estimate of drug-likeness (QED) is 0.495. The molecule has 0 aromatic heterocycles. The van der Waals surface area contributed by atoms with Gasteiger partial charge < -0.3 is 5.73 Å². The first-order chi connectivity index (χ1) is 2.84. The standard InChI is InChI=1S/C5H11N/c1-4-2-5(4)3-6/h4-5H,2-3,6H2,1H3/t4-,5-/m1/s1. The van der Waals surface area contributed by atoms with Crippen LogP contribution >= 0.6 is 0 Å². The molecule has 0 aromatic carbocycles. The predicted molar refractivity (Wildman–Crippen MR) is 26.3 cm³/mol. The molecule has 0 spiro atoms. The van der Waals surface area contributed by atoms with Gasteiger partial charge in [0.1, 0.15) is 0 Å². The van der Waals surface area contributed by atoms with Crippen molar-refractivity contribution in [1.29, 1.82) is 0 Å². The van der Waals surface area contributed by atoms with Crippen molar-refractivity contribution in [3.8, 4) is 0 Å². The summed E-state index contributed by atoms with van der Waals surface area (Å²) in [6.45, 7) is 3.15. The monoisotopic (exact) mass is 85.1 g/mol. The van der Waals surface area contributed by atoms with Gasteiger partial charge in [0.25, 0.3) is 0 Å². The number of rotatable bonds is 1. The van der Waals surface area contributed by atoms with Crippen LogP contribution in [0.25, 0.3) is 0 Å². The maximum atomic E-state index is 5.32. The van der Waals surface area contributed by atoms with Crippen molar-refractivity contribution in [2.45, 2.75) is 13.3 Å². The third-order valence-electron chi connectivity index (χ3n) is 1.58. The van der Waals surface area contributed by atoms with E-state index in [1.54, 1.807) is 0 Å². The molecule has 6 heavy (non-hydrogen) atoms. The van der Waals surface area contributed by atoms with E-state index in [1.807, 2.05) is 0 Å². The molecule has 1 rings (SSSR count). The van der Waals surface area contributed by atoms with Crippen LogP contribution in [0.2, 0.25) is 0 Å². The molecule has 1 fully saturated rings. The van der Waals surface area contributed by atoms with Gasteiger partial charge in [-0.15, -0.1) is 0 Å². The van der Waals surface area contributed by atoms with Gasteiger partial charge >= 0.3 is 0 Å². The molecular formula is C5H11N. The highest BCUT2D eigenvalue weighted by molar-refractivity contribution is 4.82. The minimum Gasteiger partial charge on any atom is -0.330 e. The summed E-state index contributed by atoms with van der Waals surface area (Å²) in [5, 5.41) is 0. The van der Waals surface area contributed by atoms with E-state index in [1.165, 1.54) is 6.42 Å². The highest BCUT2D eigenvalue weighted by Gasteiger charge is 2.30. The zero-order chi connectivity index (χ0) is 4.57. The second-order valence-corrected chi connectivity index (χ2v) is 2.21. The highest BCUT2D eigenvalue weighted by atomic mass is 14.6. The Balaban J connectivity index is 2.09. The van der Waals surface area contributed by atoms with Gasteiger partial charge in [-0.3, -0.25) is 0 Å². The van der Waals surface area contributed by atoms with Gasteiger partial charge in [0.05, 0.1) is 0 Å². The van der Waals surface area contributed by atoms with E-state index in [-0.39, 0.29) is 0 Å². The van der Waals surface area contributed by atoms with Crippen LogP contribution in [-0.4, -0.2) is 6.54 Å². The van der Waals surface area contributed by atoms with Crippen molar-refractivity contribution in [1.82, 2.24) is 0 Å². The Hall–Kier alpha value is -0.0400. The smallest absolute Gasteiger partial charge is 0.00462 e. The van der Waals surface area contributed by atoms with Crippen LogP contribution in [-0.2, 0) is 0 Å². The van der Waals surface area contributed by atoms with E-state index < -0.39 is 0 Å². The van der Waals surface area contributed by atoms with E-state index >= 15 is 0 Å². The van der Waals surface area contributed by atoms with Crippen LogP contribution in [0.5, 0.6) is 0 Å². The Morgan fingerprint density at radius 1 is 1.83 bits per heavy atom. The molecule has 0 amide bonds. The van der Waals surface area contributed by atoms with E-state index in [0.29, 0.717) is 0 Å². The van der Waals surface area contributed by atoms with Crippen molar-refractivity contribution in [2.24, 2.45) is 17.6 Å². The summed E-state index contributed by atoms with van der Waals surface area (Å²) in [4.78, 5) is 0. The lowest BCUT2D eigenvalue weighted by Gasteiger charge is -1.80. The van der Waals surface area contributed by atoms with Crippen LogP contribution in [0, 0.1) is 11.8 Å². The molecule has 1 heteroatoms. The van der Waals surface area contributed by atoms with Gasteiger partial charge in [0.2, 0.25) is 0 Å². The molecule has 36 valence electrons. The average molecular weight is 85.2 g/mol. The molecule has 0 bridgehead atoms. The molecule has 0 saturated heterocycles. The third-order valence-corrected chi connectivity index (χ3v) is 1.58. The van der Waals surface area contributed by atoms with Gasteiger partial charge in [-0.25, -0.2) is 0 Å². The zero-order valence-electron chi connectivity index (χ0n) is 4.15. The number of hydrogen-bond donors (Lipinski definition) is 1. The summed E-state index contributed by atoms with van der Waals surface area (Å²) in [6, 6.07) is 0. The van der Waals surface area contributed by atoms with Gasteiger partial charge in [-0.05, 0) is 24.8 Å². The Labute approximate surface area is 38.5 Å². The maximum absolute atomic E-state index is 5.32. The molecule has 0 aromatic rings. The van der Waals surface area contributed by atoms with Gasteiger partial charge in [0, 0.05) is 0 Å². The number of nitrogens with two attached hydrogens (primary N) is 1. The van der Waals surface area contributed by atoms with Crippen molar-refractivity contribution in [3.05, 3.63) is 0 Å². The first-order valence-corrected chi connectivity index (χ1v) is 2.54. The zero-order valence-corrected chi connectivity index (χ0v) is 4.15. The summed E-state index contributed by atoms with van der Waals surface area (Å²) < 4.78 is 0. The van der Waals surface area contributed by atoms with Crippen LogP contribution in [0.1, 0.15) is 13.3 Å². The largest absolute Gasteiger partial charge is 0.330 e. The van der Waals surface area contributed by atoms with E-state index in [4.69, 9.17) is 5.73 Å². The second-order valence-electron chi connectivity index (χ2n) is 2.21. The SMILES string of the molecule is C[C@@H]1C[C@@H]1CN. The minimum atomic E-state index is 0.880. The first kappa shape index (κ1) is 4.13. The fourth-order valence-electron chi connectivity index (χ4n) is 0.728. The molecule has 0 heterocycles. The summed E-state index contributed by atoms with van der Waals surface area (Å²) in [7, 11) is 0. The maximum Gasteiger partial charge on any atom is -0.00462 e. The summed E-state index contributed by atoms with van der Waals surface area (Å²) in [6.07, 6.45) is 1.37. The second kappa shape index (κ2) is 1.23. The summed E-state index contributed by atoms with van der Waals surface area (Å²) in [5.74, 6) is 1.82. The van der Waals surface area contributed by atoms with Crippen molar-refractivity contribution in [3.63, 3.8) is 0 Å². The Bertz CT molecular complexity index is 49.9. The Morgan fingerprint density at radius 3 is 2.33 bits per heavy atom. The molecule has 0 aliphatic heterocycles. The molecule has 2 N–H and O–H groups in total. The van der Waals surface area contributed by atoms with Crippen LogP contribution in [0.3, 0.4) is 0 Å². The predicted octanol–water partition coefficient (Wildman–Crippen LogP) is 0.601. The molecule has 0 unspecified atom stereocenters. The fourth-order valence-corrected chi connectivity index (χ4v) is 0.728. The molecule has 0 radical (unpaired) electrons. The van der Waals surface area contributed by atoms with Crippen LogP contribution < -0.4 is 5.73 Å². The van der Waals surface area contributed by atoms with Gasteiger partial charge in [0.15, 0.2) is 0 Å². The number of hydrogen-bond acceptors (Lipinski definition) is 1. The van der Waals surface area contributed by atoms with Crippen molar-refractivity contribution < 1.29 is 0 Å². The summed E-state index contributed by atoms with van der Waals surface area (Å²) >= 11 is 0. The van der Waals surface area contributed by atoms with E-state index in [0.717, 1.165) is 18.4 Å². The molecule has 2 atom stereocenters. The summed E-state index contributed by atoms with van der Waals surface area (Å²) in [5.41, 5.74) is 5.32. The average Bonchev–Trinajstić information content (AvgIpc) is 2.19. The Kier molecular flexibility index (Phi) is 0.845. The Morgan fingerprint density at radius 2 is 2.33 bits per heavy atom. The molecule has 1 saturated carbocycles. The lowest BCUT2D eigenvalue weighted by Crippen LogP contribution is -2.00. The van der Waals surface area contributed by atoms with Crippen LogP contribution in [0.4, 0.5) is 0 Å². The lowest BCUT2D eigenvalue weighted by atomic mass is 10.3. The van der Waals surface area contributed by atoms with Crippen molar-refractivity contribution in [2.75, 3.05) is 6.54 Å². The molecular weight excluding hydrogens is 74.1 g/mol.